The predicted octanol–water partition coefficient (Wildman–Crippen LogP) is 5.54. The van der Waals surface area contributed by atoms with Crippen molar-refractivity contribution in [2.45, 2.75) is 20.3 Å². The number of anilines is 1. The molecule has 3 heterocycles. The van der Waals surface area contributed by atoms with Crippen molar-refractivity contribution < 1.29 is 13.9 Å². The number of ether oxygens (including phenoxy) is 1. The van der Waals surface area contributed by atoms with Crippen molar-refractivity contribution in [3.63, 3.8) is 0 Å². The summed E-state index contributed by atoms with van der Waals surface area (Å²) in [6.07, 6.45) is 0.752. The van der Waals surface area contributed by atoms with Gasteiger partial charge in [0, 0.05) is 31.6 Å². The molecule has 0 spiro atoms. The van der Waals surface area contributed by atoms with Crippen LogP contribution in [0.3, 0.4) is 0 Å². The fourth-order valence-electron chi connectivity index (χ4n) is 5.21. The van der Waals surface area contributed by atoms with Gasteiger partial charge in [-0.05, 0) is 60.4 Å². The number of nitrogens with zero attached hydrogens (tertiary/aromatic N) is 3. The van der Waals surface area contributed by atoms with Crippen molar-refractivity contribution in [1.82, 2.24) is 9.88 Å². The molecule has 5 aromatic rings. The molecule has 1 aliphatic rings. The lowest BCUT2D eigenvalue weighted by molar-refractivity contribution is 0.0376. The molecule has 2 aromatic heterocycles. The van der Waals surface area contributed by atoms with E-state index in [0.717, 1.165) is 76.8 Å². The van der Waals surface area contributed by atoms with Gasteiger partial charge < -0.3 is 9.15 Å². The summed E-state index contributed by atoms with van der Waals surface area (Å²) >= 11 is 1.49. The van der Waals surface area contributed by atoms with Crippen molar-refractivity contribution in [2.75, 3.05) is 44.3 Å². The van der Waals surface area contributed by atoms with Crippen LogP contribution < -0.4 is 10.5 Å². The number of aryl methyl sites for hydroxylation is 2. The number of fused-ring (bicyclic) bond motifs is 4. The Hall–Kier alpha value is -3.59. The number of carbonyl (C=O) groups excluding carboxylic acids is 1. The predicted molar refractivity (Wildman–Crippen MR) is 153 cm³/mol. The molecule has 1 fully saturated rings. The average Bonchev–Trinajstić information content (AvgIpc) is 3.35. The van der Waals surface area contributed by atoms with Crippen LogP contribution in [0.5, 0.6) is 0 Å². The van der Waals surface area contributed by atoms with Crippen LogP contribution in [0.1, 0.15) is 27.9 Å². The second-order valence-electron chi connectivity index (χ2n) is 9.84. The van der Waals surface area contributed by atoms with Crippen LogP contribution in [0.25, 0.3) is 32.0 Å². The molecule has 8 heteroatoms. The summed E-state index contributed by atoms with van der Waals surface area (Å²) in [6, 6.07) is 17.4. The molecule has 0 radical (unpaired) electrons. The van der Waals surface area contributed by atoms with E-state index in [9.17, 15) is 9.59 Å². The summed E-state index contributed by atoms with van der Waals surface area (Å²) in [7, 11) is 0. The summed E-state index contributed by atoms with van der Waals surface area (Å²) < 4.78 is 12.2. The van der Waals surface area contributed by atoms with Crippen molar-refractivity contribution >= 4 is 54.3 Å². The first-order valence-corrected chi connectivity index (χ1v) is 13.7. The number of carbonyl (C=O) groups is 1. The van der Waals surface area contributed by atoms with E-state index in [2.05, 4.69) is 17.9 Å². The third kappa shape index (κ3) is 4.71. The Labute approximate surface area is 224 Å². The Kier molecular flexibility index (Phi) is 6.69. The maximum atomic E-state index is 14.1. The van der Waals surface area contributed by atoms with Gasteiger partial charge in [0.1, 0.15) is 11.1 Å². The molecule has 6 rings (SSSR count). The monoisotopic (exact) mass is 527 g/mol. The molecule has 38 heavy (non-hydrogen) atoms. The van der Waals surface area contributed by atoms with E-state index in [0.29, 0.717) is 17.3 Å². The highest BCUT2D eigenvalue weighted by Crippen LogP contribution is 2.33. The molecule has 0 atom stereocenters. The molecule has 0 saturated carbocycles. The number of aromatic nitrogens is 1. The van der Waals surface area contributed by atoms with Crippen LogP contribution in [-0.2, 0) is 4.74 Å². The fourth-order valence-corrected chi connectivity index (χ4v) is 6.25. The second-order valence-corrected chi connectivity index (χ2v) is 10.8. The molecule has 0 unspecified atom stereocenters. The molecular formula is C30H29N3O4S. The van der Waals surface area contributed by atoms with Gasteiger partial charge in [-0.1, -0.05) is 47.7 Å². The molecule has 1 aliphatic heterocycles. The Bertz CT molecular complexity index is 1720. The van der Waals surface area contributed by atoms with Crippen LogP contribution in [-0.4, -0.2) is 55.2 Å². The molecule has 0 aliphatic carbocycles. The van der Waals surface area contributed by atoms with E-state index in [4.69, 9.17) is 14.1 Å². The zero-order valence-corrected chi connectivity index (χ0v) is 22.3. The molecule has 7 nitrogen and oxygen atoms in total. The number of thiazole rings is 1. The topological polar surface area (TPSA) is 75.9 Å². The number of morpholine rings is 1. The smallest absolute Gasteiger partial charge is 0.349 e. The normalized spacial score (nSPS) is 14.5. The number of rotatable bonds is 6. The maximum Gasteiger partial charge on any atom is 0.349 e. The molecule has 1 amide bonds. The first kappa shape index (κ1) is 24.7. The lowest BCUT2D eigenvalue weighted by atomic mass is 10.0. The number of hydrogen-bond acceptors (Lipinski definition) is 7. The van der Waals surface area contributed by atoms with Crippen LogP contribution in [0.15, 0.2) is 63.8 Å². The molecule has 0 bridgehead atoms. The van der Waals surface area contributed by atoms with Gasteiger partial charge in [-0.15, -0.1) is 0 Å². The van der Waals surface area contributed by atoms with Crippen molar-refractivity contribution in [2.24, 2.45) is 0 Å². The number of benzene rings is 3. The minimum absolute atomic E-state index is 0.0207. The Morgan fingerprint density at radius 3 is 2.71 bits per heavy atom. The average molecular weight is 528 g/mol. The maximum absolute atomic E-state index is 14.1. The minimum Gasteiger partial charge on any atom is -0.422 e. The molecule has 1 saturated heterocycles. The quantitative estimate of drug-likeness (QED) is 0.213. The molecule has 3 aromatic carbocycles. The van der Waals surface area contributed by atoms with Crippen LogP contribution in [0.2, 0.25) is 0 Å². The van der Waals surface area contributed by atoms with Crippen molar-refractivity contribution in [1.29, 1.82) is 0 Å². The van der Waals surface area contributed by atoms with E-state index < -0.39 is 5.63 Å². The first-order valence-electron chi connectivity index (χ1n) is 12.9. The highest BCUT2D eigenvalue weighted by molar-refractivity contribution is 7.22. The van der Waals surface area contributed by atoms with E-state index in [1.807, 2.05) is 43.3 Å². The van der Waals surface area contributed by atoms with Gasteiger partial charge in [0.25, 0.3) is 5.91 Å². The summed E-state index contributed by atoms with van der Waals surface area (Å²) in [6.45, 7) is 8.61. The van der Waals surface area contributed by atoms with Gasteiger partial charge in [0.05, 0.1) is 23.4 Å². The summed E-state index contributed by atoms with van der Waals surface area (Å²) in [5.74, 6) is -0.385. The fraction of sp³-hybridized carbons (Fsp3) is 0.300. The van der Waals surface area contributed by atoms with Crippen LogP contribution in [0.4, 0.5) is 5.13 Å². The Morgan fingerprint density at radius 1 is 1.05 bits per heavy atom. The highest BCUT2D eigenvalue weighted by Gasteiger charge is 2.26. The Balaban J connectivity index is 1.40. The number of hydrogen-bond donors (Lipinski definition) is 0. The second kappa shape index (κ2) is 10.3. The van der Waals surface area contributed by atoms with Gasteiger partial charge >= 0.3 is 5.63 Å². The van der Waals surface area contributed by atoms with E-state index in [-0.39, 0.29) is 11.5 Å². The lowest BCUT2D eigenvalue weighted by Crippen LogP contribution is -2.40. The SMILES string of the molecule is Cc1cc(C)c2sc(N(CCCN3CCOCC3)C(=O)c3cc4c(ccc5ccccc54)oc3=O)nc2c1. The third-order valence-electron chi connectivity index (χ3n) is 7.12. The van der Waals surface area contributed by atoms with Gasteiger partial charge in [-0.2, -0.15) is 0 Å². The van der Waals surface area contributed by atoms with E-state index in [1.54, 1.807) is 17.0 Å². The largest absolute Gasteiger partial charge is 0.422 e. The van der Waals surface area contributed by atoms with Crippen molar-refractivity contribution in [3.05, 3.63) is 81.7 Å². The Morgan fingerprint density at radius 2 is 1.87 bits per heavy atom. The minimum atomic E-state index is -0.635. The standard InChI is InChI=1S/C30H29N3O4S/c1-19-16-20(2)27-25(17-19)31-30(38-27)33(11-5-10-32-12-14-36-15-13-32)28(34)24-18-23-22-7-4-3-6-21(22)8-9-26(23)37-29(24)35/h3-4,6-9,16-18H,5,10-15H2,1-2H3. The molecule has 0 N–H and O–H groups in total. The van der Waals surface area contributed by atoms with Gasteiger partial charge in [-0.3, -0.25) is 14.6 Å². The van der Waals surface area contributed by atoms with Gasteiger partial charge in [-0.25, -0.2) is 9.78 Å². The zero-order valence-electron chi connectivity index (χ0n) is 21.5. The summed E-state index contributed by atoms with van der Waals surface area (Å²) in [5.41, 5.74) is 2.97. The molecule has 194 valence electrons. The zero-order chi connectivity index (χ0) is 26.2. The van der Waals surface area contributed by atoms with E-state index in [1.165, 1.54) is 11.3 Å². The molecular weight excluding hydrogens is 498 g/mol. The highest BCUT2D eigenvalue weighted by atomic mass is 32.1. The van der Waals surface area contributed by atoms with Crippen molar-refractivity contribution in [3.8, 4) is 0 Å². The van der Waals surface area contributed by atoms with E-state index >= 15 is 0 Å². The van der Waals surface area contributed by atoms with Crippen LogP contribution in [0, 0.1) is 13.8 Å². The van der Waals surface area contributed by atoms with Crippen LogP contribution >= 0.6 is 11.3 Å². The summed E-state index contributed by atoms with van der Waals surface area (Å²) in [5, 5.41) is 3.30. The lowest BCUT2D eigenvalue weighted by Gasteiger charge is -2.27. The third-order valence-corrected chi connectivity index (χ3v) is 8.35. The number of amides is 1. The summed E-state index contributed by atoms with van der Waals surface area (Å²) in [4.78, 5) is 36.0. The van der Waals surface area contributed by atoms with Gasteiger partial charge in [0.2, 0.25) is 0 Å². The van der Waals surface area contributed by atoms with Gasteiger partial charge in [0.15, 0.2) is 5.13 Å². The first-order chi connectivity index (χ1) is 18.5.